The van der Waals surface area contributed by atoms with E-state index in [9.17, 15) is 19.6 Å². The lowest BCUT2D eigenvalue weighted by Gasteiger charge is -2.34. The van der Waals surface area contributed by atoms with Crippen LogP contribution in [0.2, 0.25) is 0 Å². The van der Waals surface area contributed by atoms with E-state index in [2.05, 4.69) is 27.7 Å². The molecule has 1 aliphatic rings. The van der Waals surface area contributed by atoms with E-state index in [4.69, 9.17) is 0 Å². The van der Waals surface area contributed by atoms with Crippen LogP contribution in [0.4, 0.5) is 0 Å². The van der Waals surface area contributed by atoms with E-state index in [1.807, 2.05) is 0 Å². The zero-order chi connectivity index (χ0) is 20.1. The van der Waals surface area contributed by atoms with Gasteiger partial charge in [-0.25, -0.2) is 5.06 Å². The minimum Gasteiger partial charge on any atom is -0.347 e. The number of rotatable bonds is 9. The number of likely N-dealkylation sites (tertiary alicyclic amines) is 1. The molecule has 1 rings (SSSR count). The molecule has 0 bridgehead atoms. The summed E-state index contributed by atoms with van der Waals surface area (Å²) in [6.45, 7) is 8.72. The SMILES string of the molecule is CCCC[C@H]1CN([C@@H](CC(C)(C)C)C(=O)N(C)C)C(=O)[C@@H]1CN(O)C=O. The Hall–Kier alpha value is -1.63. The molecule has 1 fully saturated rings. The number of nitrogens with zero attached hydrogens (tertiary/aromatic N) is 3. The standard InChI is InChI=1S/C19H35N3O4/c1-7-8-9-14-11-22(17(24)15(14)12-21(26)13-23)16(10-19(2,3)4)18(25)20(5)6/h13-16,26H,7-12H2,1-6H3/t14-,15+,16-/m0/s1. The fourth-order valence-corrected chi connectivity index (χ4v) is 3.60. The molecule has 0 radical (unpaired) electrons. The predicted octanol–water partition coefficient (Wildman–Crippen LogP) is 1.99. The first-order valence-corrected chi connectivity index (χ1v) is 9.44. The van der Waals surface area contributed by atoms with Crippen molar-refractivity contribution in [2.45, 2.75) is 59.4 Å². The number of unbranched alkanes of at least 4 members (excludes halogenated alkanes) is 1. The fraction of sp³-hybridized carbons (Fsp3) is 0.842. The van der Waals surface area contributed by atoms with Crippen molar-refractivity contribution in [3.63, 3.8) is 0 Å². The summed E-state index contributed by atoms with van der Waals surface area (Å²) in [4.78, 5) is 39.9. The molecule has 26 heavy (non-hydrogen) atoms. The monoisotopic (exact) mass is 369 g/mol. The molecule has 1 N–H and O–H groups in total. The molecule has 0 aliphatic carbocycles. The van der Waals surface area contributed by atoms with Crippen LogP contribution >= 0.6 is 0 Å². The number of carbonyl (C=O) groups excluding carboxylic acids is 3. The van der Waals surface area contributed by atoms with Crippen LogP contribution < -0.4 is 0 Å². The highest BCUT2D eigenvalue weighted by atomic mass is 16.5. The highest BCUT2D eigenvalue weighted by Gasteiger charge is 2.46. The van der Waals surface area contributed by atoms with Crippen LogP contribution in [0.3, 0.4) is 0 Å². The van der Waals surface area contributed by atoms with Crippen molar-refractivity contribution >= 4 is 18.2 Å². The van der Waals surface area contributed by atoms with Crippen LogP contribution in [0.5, 0.6) is 0 Å². The molecule has 0 aromatic heterocycles. The van der Waals surface area contributed by atoms with Crippen molar-refractivity contribution in [1.82, 2.24) is 14.9 Å². The zero-order valence-corrected chi connectivity index (χ0v) is 17.1. The average molecular weight is 370 g/mol. The van der Waals surface area contributed by atoms with Crippen molar-refractivity contribution in [2.75, 3.05) is 27.2 Å². The molecule has 3 amide bonds. The van der Waals surface area contributed by atoms with E-state index in [-0.39, 0.29) is 29.7 Å². The van der Waals surface area contributed by atoms with Crippen molar-refractivity contribution in [1.29, 1.82) is 0 Å². The Morgan fingerprint density at radius 2 is 2.00 bits per heavy atom. The second kappa shape index (κ2) is 9.35. The minimum absolute atomic E-state index is 0.0222. The Labute approximate surface area is 157 Å². The van der Waals surface area contributed by atoms with Crippen LogP contribution in [0.25, 0.3) is 0 Å². The van der Waals surface area contributed by atoms with Gasteiger partial charge >= 0.3 is 0 Å². The average Bonchev–Trinajstić information content (AvgIpc) is 2.85. The van der Waals surface area contributed by atoms with Crippen LogP contribution in [-0.4, -0.2) is 71.5 Å². The van der Waals surface area contributed by atoms with Gasteiger partial charge in [-0.15, -0.1) is 0 Å². The van der Waals surface area contributed by atoms with E-state index < -0.39 is 12.0 Å². The topological polar surface area (TPSA) is 81.2 Å². The summed E-state index contributed by atoms with van der Waals surface area (Å²) in [5, 5.41) is 10.1. The van der Waals surface area contributed by atoms with Gasteiger partial charge in [0.25, 0.3) is 0 Å². The molecule has 3 atom stereocenters. The van der Waals surface area contributed by atoms with Gasteiger partial charge in [0.05, 0.1) is 12.5 Å². The van der Waals surface area contributed by atoms with Crippen molar-refractivity contribution in [2.24, 2.45) is 17.3 Å². The lowest BCUT2D eigenvalue weighted by Crippen LogP contribution is -2.49. The number of amides is 3. The number of likely N-dealkylation sites (N-methyl/N-ethyl adjacent to an activating group) is 1. The third-order valence-electron chi connectivity index (χ3n) is 4.94. The van der Waals surface area contributed by atoms with E-state index in [0.29, 0.717) is 24.4 Å². The smallest absolute Gasteiger partial charge is 0.244 e. The number of hydrogen-bond acceptors (Lipinski definition) is 4. The Morgan fingerprint density at radius 1 is 1.38 bits per heavy atom. The van der Waals surface area contributed by atoms with Gasteiger partial charge in [0, 0.05) is 20.6 Å². The van der Waals surface area contributed by atoms with Gasteiger partial charge < -0.3 is 9.80 Å². The molecule has 1 aliphatic heterocycles. The van der Waals surface area contributed by atoms with Gasteiger partial charge in [-0.05, 0) is 24.2 Å². The van der Waals surface area contributed by atoms with E-state index in [1.54, 1.807) is 19.0 Å². The van der Waals surface area contributed by atoms with Gasteiger partial charge in [-0.2, -0.15) is 0 Å². The lowest BCUT2D eigenvalue weighted by atomic mass is 9.87. The van der Waals surface area contributed by atoms with Crippen molar-refractivity contribution < 1.29 is 19.6 Å². The Balaban J connectivity index is 3.11. The summed E-state index contributed by atoms with van der Waals surface area (Å²) < 4.78 is 0. The third-order valence-corrected chi connectivity index (χ3v) is 4.94. The molecule has 7 nitrogen and oxygen atoms in total. The van der Waals surface area contributed by atoms with Gasteiger partial charge in [-0.3, -0.25) is 19.6 Å². The fourth-order valence-electron chi connectivity index (χ4n) is 3.60. The summed E-state index contributed by atoms with van der Waals surface area (Å²) in [5.41, 5.74) is -0.112. The minimum atomic E-state index is -0.519. The molecular weight excluding hydrogens is 334 g/mol. The van der Waals surface area contributed by atoms with E-state index in [0.717, 1.165) is 19.3 Å². The molecule has 0 unspecified atom stereocenters. The summed E-state index contributed by atoms with van der Waals surface area (Å²) in [6.07, 6.45) is 3.72. The molecule has 7 heteroatoms. The first-order valence-electron chi connectivity index (χ1n) is 9.44. The largest absolute Gasteiger partial charge is 0.347 e. The van der Waals surface area contributed by atoms with Crippen LogP contribution in [0, 0.1) is 17.3 Å². The zero-order valence-electron chi connectivity index (χ0n) is 17.1. The van der Waals surface area contributed by atoms with Crippen LogP contribution in [-0.2, 0) is 14.4 Å². The third kappa shape index (κ3) is 5.97. The highest BCUT2D eigenvalue weighted by Crippen LogP contribution is 2.34. The second-order valence-corrected chi connectivity index (χ2v) is 8.74. The van der Waals surface area contributed by atoms with Crippen molar-refractivity contribution in [3.8, 4) is 0 Å². The number of carbonyl (C=O) groups is 3. The van der Waals surface area contributed by atoms with E-state index >= 15 is 0 Å². The first-order chi connectivity index (χ1) is 12.0. The maximum absolute atomic E-state index is 13.1. The molecule has 0 aromatic carbocycles. The van der Waals surface area contributed by atoms with Gasteiger partial charge in [-0.1, -0.05) is 40.5 Å². The van der Waals surface area contributed by atoms with Crippen molar-refractivity contribution in [3.05, 3.63) is 0 Å². The Bertz CT molecular complexity index is 502. The molecule has 0 aromatic rings. The molecule has 0 saturated carbocycles. The quantitative estimate of drug-likeness (QED) is 0.383. The molecule has 150 valence electrons. The van der Waals surface area contributed by atoms with Gasteiger partial charge in [0.15, 0.2) is 0 Å². The number of hydrogen-bond donors (Lipinski definition) is 1. The highest BCUT2D eigenvalue weighted by molar-refractivity contribution is 5.90. The van der Waals surface area contributed by atoms with Crippen LogP contribution in [0.15, 0.2) is 0 Å². The van der Waals surface area contributed by atoms with Gasteiger partial charge in [0.2, 0.25) is 18.2 Å². The number of hydroxylamine groups is 2. The van der Waals surface area contributed by atoms with E-state index in [1.165, 1.54) is 4.90 Å². The maximum atomic E-state index is 13.1. The molecule has 1 saturated heterocycles. The predicted molar refractivity (Wildman–Crippen MR) is 99.3 cm³/mol. The molecule has 1 heterocycles. The van der Waals surface area contributed by atoms with Crippen LogP contribution in [0.1, 0.15) is 53.4 Å². The molecule has 0 spiro atoms. The summed E-state index contributed by atoms with van der Waals surface area (Å²) in [7, 11) is 3.40. The summed E-state index contributed by atoms with van der Waals surface area (Å²) >= 11 is 0. The molecular formula is C19H35N3O4. The lowest BCUT2D eigenvalue weighted by molar-refractivity contribution is -0.156. The normalized spacial score (nSPS) is 21.7. The Morgan fingerprint density at radius 3 is 2.46 bits per heavy atom. The summed E-state index contributed by atoms with van der Waals surface area (Å²) in [5.74, 6) is -0.653. The maximum Gasteiger partial charge on any atom is 0.244 e. The second-order valence-electron chi connectivity index (χ2n) is 8.74. The Kier molecular flexibility index (Phi) is 8.06. The summed E-state index contributed by atoms with van der Waals surface area (Å²) in [6, 6.07) is -0.519. The van der Waals surface area contributed by atoms with Gasteiger partial charge in [0.1, 0.15) is 6.04 Å². The first kappa shape index (κ1) is 22.4.